The number of rotatable bonds is 7. The molecule has 3 heterocycles. The van der Waals surface area contributed by atoms with E-state index in [0.717, 1.165) is 0 Å². The van der Waals surface area contributed by atoms with Gasteiger partial charge in [-0.2, -0.15) is 9.29 Å². The highest BCUT2D eigenvalue weighted by atomic mass is 32.2. The Morgan fingerprint density at radius 3 is 2.77 bits per heavy atom. The molecule has 8 nitrogen and oxygen atoms in total. The number of pyridine rings is 1. The van der Waals surface area contributed by atoms with Crippen LogP contribution in [-0.4, -0.2) is 54.7 Å². The minimum atomic E-state index is -3.71. The zero-order chi connectivity index (χ0) is 21.9. The van der Waals surface area contributed by atoms with Crippen LogP contribution in [0.2, 0.25) is 0 Å². The fraction of sp³-hybridized carbons (Fsp3) is 0.381. The normalized spacial score (nSPS) is 20.1. The molecule has 0 radical (unpaired) electrons. The molecule has 0 bridgehead atoms. The Bertz CT molecular complexity index is 1120. The lowest BCUT2D eigenvalue weighted by Crippen LogP contribution is -2.49. The van der Waals surface area contributed by atoms with Gasteiger partial charge in [-0.15, -0.1) is 0 Å². The van der Waals surface area contributed by atoms with E-state index in [2.05, 4.69) is 15.1 Å². The van der Waals surface area contributed by atoms with E-state index in [1.807, 2.05) is 0 Å². The molecule has 3 aromatic rings. The van der Waals surface area contributed by atoms with Crippen LogP contribution in [-0.2, 0) is 20.2 Å². The Hall–Kier alpha value is -2.69. The van der Waals surface area contributed by atoms with E-state index in [0.29, 0.717) is 43.8 Å². The molecule has 0 aliphatic carbocycles. The van der Waals surface area contributed by atoms with E-state index in [1.165, 1.54) is 34.9 Å². The maximum atomic E-state index is 13.2. The number of nitrogens with zero attached hydrogens (tertiary/aromatic N) is 4. The first-order chi connectivity index (χ1) is 14.9. The van der Waals surface area contributed by atoms with Crippen molar-refractivity contribution < 1.29 is 22.1 Å². The number of methoxy groups -OCH3 is 1. The number of aromatic nitrogens is 3. The zero-order valence-corrected chi connectivity index (χ0v) is 17.9. The fourth-order valence-electron chi connectivity index (χ4n) is 3.89. The molecular formula is C21H23FN4O4S. The van der Waals surface area contributed by atoms with Gasteiger partial charge in [0.2, 0.25) is 10.0 Å². The van der Waals surface area contributed by atoms with Gasteiger partial charge in [0.25, 0.3) is 5.89 Å². The highest BCUT2D eigenvalue weighted by molar-refractivity contribution is 7.89. The molecule has 2 aromatic heterocycles. The zero-order valence-electron chi connectivity index (χ0n) is 17.1. The molecule has 1 unspecified atom stereocenters. The van der Waals surface area contributed by atoms with Gasteiger partial charge in [0.1, 0.15) is 10.7 Å². The van der Waals surface area contributed by atoms with Crippen LogP contribution in [0.4, 0.5) is 4.39 Å². The third-order valence-corrected chi connectivity index (χ3v) is 7.42. The maximum absolute atomic E-state index is 13.2. The molecule has 0 N–H and O–H groups in total. The molecule has 1 aliphatic rings. The average Bonchev–Trinajstić information content (AvgIpc) is 3.30. The molecule has 4 rings (SSSR count). The van der Waals surface area contributed by atoms with Gasteiger partial charge in [-0.25, -0.2) is 12.8 Å². The van der Waals surface area contributed by atoms with Gasteiger partial charge in [0.15, 0.2) is 5.82 Å². The Labute approximate surface area is 180 Å². The second-order valence-corrected chi connectivity index (χ2v) is 9.52. The lowest BCUT2D eigenvalue weighted by Gasteiger charge is -2.40. The number of benzene rings is 1. The molecule has 1 aliphatic heterocycles. The van der Waals surface area contributed by atoms with Crippen LogP contribution in [0.1, 0.15) is 25.1 Å². The lowest BCUT2D eigenvalue weighted by molar-refractivity contribution is 0.128. The number of hydrogen-bond donors (Lipinski definition) is 0. The second kappa shape index (κ2) is 8.81. The van der Waals surface area contributed by atoms with Crippen molar-refractivity contribution in [3.63, 3.8) is 0 Å². The first kappa shape index (κ1) is 21.5. The minimum absolute atomic E-state index is 0.151. The van der Waals surface area contributed by atoms with E-state index in [-0.39, 0.29) is 23.1 Å². The SMILES string of the molecule is COCCC1(c2noc(-c3ccc(F)cc3)n2)CCCN(S(=O)(=O)c2cccnc2)C1. The summed E-state index contributed by atoms with van der Waals surface area (Å²) in [5, 5.41) is 4.18. The average molecular weight is 447 g/mol. The van der Waals surface area contributed by atoms with Crippen molar-refractivity contribution in [1.82, 2.24) is 19.4 Å². The van der Waals surface area contributed by atoms with E-state index < -0.39 is 15.4 Å². The molecule has 1 fully saturated rings. The van der Waals surface area contributed by atoms with E-state index in [9.17, 15) is 12.8 Å². The largest absolute Gasteiger partial charge is 0.385 e. The van der Waals surface area contributed by atoms with E-state index in [1.54, 1.807) is 25.3 Å². The minimum Gasteiger partial charge on any atom is -0.385 e. The van der Waals surface area contributed by atoms with Gasteiger partial charge in [-0.3, -0.25) is 4.98 Å². The molecule has 10 heteroatoms. The molecule has 1 saturated heterocycles. The lowest BCUT2D eigenvalue weighted by atomic mass is 9.77. The number of ether oxygens (including phenoxy) is 1. The van der Waals surface area contributed by atoms with Crippen LogP contribution in [0.15, 0.2) is 58.2 Å². The van der Waals surface area contributed by atoms with Gasteiger partial charge in [0.05, 0.1) is 0 Å². The summed E-state index contributed by atoms with van der Waals surface area (Å²) < 4.78 is 51.8. The van der Waals surface area contributed by atoms with Crippen LogP contribution in [0.3, 0.4) is 0 Å². The van der Waals surface area contributed by atoms with Gasteiger partial charge in [-0.05, 0) is 55.7 Å². The summed E-state index contributed by atoms with van der Waals surface area (Å²) in [4.78, 5) is 8.65. The Morgan fingerprint density at radius 2 is 2.06 bits per heavy atom. The van der Waals surface area contributed by atoms with Crippen molar-refractivity contribution in [2.45, 2.75) is 29.6 Å². The van der Waals surface area contributed by atoms with Crippen LogP contribution in [0, 0.1) is 5.82 Å². The summed E-state index contributed by atoms with van der Waals surface area (Å²) in [6.45, 7) is 1.02. The highest BCUT2D eigenvalue weighted by Gasteiger charge is 2.44. The monoisotopic (exact) mass is 446 g/mol. The Morgan fingerprint density at radius 1 is 1.26 bits per heavy atom. The van der Waals surface area contributed by atoms with Crippen LogP contribution >= 0.6 is 0 Å². The van der Waals surface area contributed by atoms with Gasteiger partial charge >= 0.3 is 0 Å². The number of sulfonamides is 1. The predicted molar refractivity (Wildman–Crippen MR) is 110 cm³/mol. The first-order valence-corrected chi connectivity index (χ1v) is 11.4. The summed E-state index contributed by atoms with van der Waals surface area (Å²) in [5.41, 5.74) is -0.0663. The molecule has 31 heavy (non-hydrogen) atoms. The Kier molecular flexibility index (Phi) is 6.12. The van der Waals surface area contributed by atoms with Crippen molar-refractivity contribution in [2.75, 3.05) is 26.8 Å². The molecule has 0 amide bonds. The van der Waals surface area contributed by atoms with Crippen LogP contribution < -0.4 is 0 Å². The smallest absolute Gasteiger partial charge is 0.257 e. The standard InChI is InChI=1S/C21H23FN4O4S/c1-29-13-10-21(20-24-19(30-25-20)16-5-7-17(22)8-6-16)9-3-12-26(15-21)31(27,28)18-4-2-11-23-14-18/h2,4-8,11,14H,3,9-10,12-13,15H2,1H3. The highest BCUT2D eigenvalue weighted by Crippen LogP contribution is 2.38. The van der Waals surface area contributed by atoms with E-state index in [4.69, 9.17) is 9.26 Å². The van der Waals surface area contributed by atoms with Crippen molar-refractivity contribution in [2.24, 2.45) is 0 Å². The van der Waals surface area contributed by atoms with E-state index >= 15 is 0 Å². The maximum Gasteiger partial charge on any atom is 0.257 e. The molecule has 0 saturated carbocycles. The van der Waals surface area contributed by atoms with Gasteiger partial charge in [-0.1, -0.05) is 5.16 Å². The van der Waals surface area contributed by atoms with Gasteiger partial charge < -0.3 is 9.26 Å². The van der Waals surface area contributed by atoms with Crippen molar-refractivity contribution in [1.29, 1.82) is 0 Å². The molecule has 164 valence electrons. The number of halogens is 1. The summed E-state index contributed by atoms with van der Waals surface area (Å²) >= 11 is 0. The quantitative estimate of drug-likeness (QED) is 0.550. The molecule has 1 atom stereocenters. The molecule has 1 aromatic carbocycles. The first-order valence-electron chi connectivity index (χ1n) is 9.94. The second-order valence-electron chi connectivity index (χ2n) is 7.58. The summed E-state index contributed by atoms with van der Waals surface area (Å²) in [6, 6.07) is 8.91. The number of piperidine rings is 1. The summed E-state index contributed by atoms with van der Waals surface area (Å²) in [6.07, 6.45) is 4.75. The number of hydrogen-bond acceptors (Lipinski definition) is 7. The molecular weight excluding hydrogens is 423 g/mol. The topological polar surface area (TPSA) is 98.4 Å². The van der Waals surface area contributed by atoms with Crippen molar-refractivity contribution >= 4 is 10.0 Å². The summed E-state index contributed by atoms with van der Waals surface area (Å²) in [7, 11) is -2.12. The molecule has 0 spiro atoms. The van der Waals surface area contributed by atoms with Gasteiger partial charge in [0, 0.05) is 50.2 Å². The van der Waals surface area contributed by atoms with Crippen molar-refractivity contribution in [3.8, 4) is 11.5 Å². The third kappa shape index (κ3) is 4.36. The van der Waals surface area contributed by atoms with Crippen LogP contribution in [0.25, 0.3) is 11.5 Å². The predicted octanol–water partition coefficient (Wildman–Crippen LogP) is 3.03. The third-order valence-electron chi connectivity index (χ3n) is 5.59. The Balaban J connectivity index is 1.67. The van der Waals surface area contributed by atoms with Crippen molar-refractivity contribution in [3.05, 3.63) is 60.4 Å². The van der Waals surface area contributed by atoms with Crippen LogP contribution in [0.5, 0.6) is 0 Å². The summed E-state index contributed by atoms with van der Waals surface area (Å²) in [5.74, 6) is 0.331. The fourth-order valence-corrected chi connectivity index (χ4v) is 5.42.